The molecule has 0 aliphatic heterocycles. The summed E-state index contributed by atoms with van der Waals surface area (Å²) in [6.07, 6.45) is 0. The third-order valence-electron chi connectivity index (χ3n) is 4.16. The summed E-state index contributed by atoms with van der Waals surface area (Å²) in [7, 11) is 0. The first-order chi connectivity index (χ1) is 12.6. The maximum atomic E-state index is 12.7. The molecule has 4 rings (SSSR count). The van der Waals surface area contributed by atoms with Crippen LogP contribution in [0.2, 0.25) is 0 Å². The lowest BCUT2D eigenvalue weighted by atomic mass is 10.2. The van der Waals surface area contributed by atoms with Crippen LogP contribution in [-0.4, -0.2) is 20.7 Å². The topological polar surface area (TPSA) is 85.8 Å². The largest absolute Gasteiger partial charge is 0.383 e. The van der Waals surface area contributed by atoms with E-state index in [1.54, 1.807) is 28.5 Å². The number of rotatable bonds is 4. The fraction of sp³-hybridized carbons (Fsp3) is 0.105. The molecule has 130 valence electrons. The van der Waals surface area contributed by atoms with Gasteiger partial charge < -0.3 is 11.1 Å². The standard InChI is InChI=1S/C19H17N5OS/c1-12-17(18(20)24(23-12)10-13-5-3-2-4-6-13)19(25)22-14-7-8-16-15(9-14)21-11-26-16/h2-9,11H,10,20H2,1H3,(H,22,25). The van der Waals surface area contributed by atoms with Gasteiger partial charge in [-0.25, -0.2) is 9.67 Å². The number of hydrogen-bond donors (Lipinski definition) is 2. The van der Waals surface area contributed by atoms with Crippen LogP contribution in [0.5, 0.6) is 0 Å². The molecule has 7 heteroatoms. The number of hydrogen-bond acceptors (Lipinski definition) is 5. The number of nitrogens with two attached hydrogens (primary N) is 1. The van der Waals surface area contributed by atoms with Gasteiger partial charge >= 0.3 is 0 Å². The minimum absolute atomic E-state index is 0.270. The predicted molar refractivity (Wildman–Crippen MR) is 104 cm³/mol. The van der Waals surface area contributed by atoms with Crippen LogP contribution in [0, 0.1) is 6.92 Å². The molecule has 0 radical (unpaired) electrons. The monoisotopic (exact) mass is 363 g/mol. The Morgan fingerprint density at radius 3 is 2.85 bits per heavy atom. The number of carbonyl (C=O) groups excluding carboxylic acids is 1. The molecule has 3 N–H and O–H groups in total. The van der Waals surface area contributed by atoms with Crippen molar-refractivity contribution in [3.63, 3.8) is 0 Å². The number of thiazole rings is 1. The Labute approximate surface area is 154 Å². The Morgan fingerprint density at radius 1 is 1.23 bits per heavy atom. The summed E-state index contributed by atoms with van der Waals surface area (Å²) in [4.78, 5) is 17.0. The third-order valence-corrected chi connectivity index (χ3v) is 4.97. The van der Waals surface area contributed by atoms with Crippen LogP contribution in [0.3, 0.4) is 0 Å². The molecule has 2 aromatic carbocycles. The second kappa shape index (κ2) is 6.61. The molecule has 4 aromatic rings. The molecule has 0 unspecified atom stereocenters. The Hall–Kier alpha value is -3.19. The summed E-state index contributed by atoms with van der Waals surface area (Å²) in [5.41, 5.74) is 11.6. The number of carbonyl (C=O) groups is 1. The van der Waals surface area contributed by atoms with Gasteiger partial charge in [0.25, 0.3) is 5.91 Å². The van der Waals surface area contributed by atoms with Gasteiger partial charge in [-0.2, -0.15) is 5.10 Å². The summed E-state index contributed by atoms with van der Waals surface area (Å²) in [6, 6.07) is 15.5. The van der Waals surface area contributed by atoms with E-state index < -0.39 is 0 Å². The number of nitrogens with one attached hydrogen (secondary N) is 1. The van der Waals surface area contributed by atoms with Crippen molar-refractivity contribution >= 4 is 39.0 Å². The van der Waals surface area contributed by atoms with E-state index in [9.17, 15) is 4.79 Å². The molecule has 0 aliphatic carbocycles. The average molecular weight is 363 g/mol. The molecule has 0 atom stereocenters. The molecule has 0 fully saturated rings. The maximum Gasteiger partial charge on any atom is 0.261 e. The molecule has 1 amide bonds. The van der Waals surface area contributed by atoms with E-state index in [1.807, 2.05) is 48.5 Å². The molecule has 0 saturated heterocycles. The molecule has 2 aromatic heterocycles. The first kappa shape index (κ1) is 16.3. The van der Waals surface area contributed by atoms with E-state index in [0.29, 0.717) is 29.3 Å². The van der Waals surface area contributed by atoms with Crippen molar-refractivity contribution in [2.45, 2.75) is 13.5 Å². The Balaban J connectivity index is 1.59. The fourth-order valence-electron chi connectivity index (χ4n) is 2.89. The molecular weight excluding hydrogens is 346 g/mol. The second-order valence-electron chi connectivity index (χ2n) is 5.98. The number of amides is 1. The van der Waals surface area contributed by atoms with Gasteiger partial charge in [0.2, 0.25) is 0 Å². The van der Waals surface area contributed by atoms with Crippen molar-refractivity contribution in [2.75, 3.05) is 11.1 Å². The first-order valence-corrected chi connectivity index (χ1v) is 9.01. The van der Waals surface area contributed by atoms with Crippen molar-refractivity contribution in [3.8, 4) is 0 Å². The van der Waals surface area contributed by atoms with Crippen molar-refractivity contribution in [1.82, 2.24) is 14.8 Å². The van der Waals surface area contributed by atoms with Crippen LogP contribution in [0.25, 0.3) is 10.2 Å². The van der Waals surface area contributed by atoms with Crippen LogP contribution in [0.4, 0.5) is 11.5 Å². The summed E-state index contributed by atoms with van der Waals surface area (Å²) in [6.45, 7) is 2.31. The number of fused-ring (bicyclic) bond motifs is 1. The lowest BCUT2D eigenvalue weighted by Crippen LogP contribution is -2.15. The van der Waals surface area contributed by atoms with Gasteiger partial charge in [-0.05, 0) is 30.7 Å². The lowest BCUT2D eigenvalue weighted by Gasteiger charge is -2.07. The fourth-order valence-corrected chi connectivity index (χ4v) is 3.54. The summed E-state index contributed by atoms with van der Waals surface area (Å²) in [5.74, 6) is 0.0903. The van der Waals surface area contributed by atoms with Crippen LogP contribution in [0.15, 0.2) is 54.0 Å². The quantitative estimate of drug-likeness (QED) is 0.579. The molecule has 6 nitrogen and oxygen atoms in total. The van der Waals surface area contributed by atoms with Crippen LogP contribution in [-0.2, 0) is 6.54 Å². The summed E-state index contributed by atoms with van der Waals surface area (Å²) in [5, 5.41) is 7.32. The molecular formula is C19H17N5OS. The summed E-state index contributed by atoms with van der Waals surface area (Å²) >= 11 is 1.56. The predicted octanol–water partition coefficient (Wildman–Crippen LogP) is 3.68. The van der Waals surface area contributed by atoms with Crippen LogP contribution < -0.4 is 11.1 Å². The molecule has 0 bridgehead atoms. The van der Waals surface area contributed by atoms with E-state index in [0.717, 1.165) is 15.8 Å². The highest BCUT2D eigenvalue weighted by Gasteiger charge is 2.20. The minimum Gasteiger partial charge on any atom is -0.383 e. The van der Waals surface area contributed by atoms with E-state index in [1.165, 1.54) is 0 Å². The molecule has 0 spiro atoms. The first-order valence-electron chi connectivity index (χ1n) is 8.13. The Kier molecular flexibility index (Phi) is 4.14. The zero-order valence-electron chi connectivity index (χ0n) is 14.1. The average Bonchev–Trinajstić information content (AvgIpc) is 3.20. The van der Waals surface area contributed by atoms with Gasteiger partial charge in [0, 0.05) is 5.69 Å². The van der Waals surface area contributed by atoms with Gasteiger partial charge in [0.05, 0.1) is 28.0 Å². The number of aryl methyl sites for hydroxylation is 1. The van der Waals surface area contributed by atoms with Crippen molar-refractivity contribution in [3.05, 3.63) is 70.9 Å². The highest BCUT2D eigenvalue weighted by atomic mass is 32.1. The van der Waals surface area contributed by atoms with Crippen LogP contribution in [0.1, 0.15) is 21.6 Å². The Morgan fingerprint density at radius 2 is 2.04 bits per heavy atom. The Bertz CT molecular complexity index is 1080. The van der Waals surface area contributed by atoms with Crippen LogP contribution >= 0.6 is 11.3 Å². The van der Waals surface area contributed by atoms with Gasteiger partial charge in [-0.15, -0.1) is 11.3 Å². The highest BCUT2D eigenvalue weighted by Crippen LogP contribution is 2.23. The normalized spacial score (nSPS) is 11.0. The maximum absolute atomic E-state index is 12.7. The molecule has 2 heterocycles. The highest BCUT2D eigenvalue weighted by molar-refractivity contribution is 7.16. The molecule has 0 saturated carbocycles. The van der Waals surface area contributed by atoms with Gasteiger partial charge in [0.15, 0.2) is 0 Å². The smallest absolute Gasteiger partial charge is 0.261 e. The lowest BCUT2D eigenvalue weighted by molar-refractivity contribution is 0.102. The minimum atomic E-state index is -0.270. The number of nitrogens with zero attached hydrogens (tertiary/aromatic N) is 3. The number of aromatic nitrogens is 3. The number of benzene rings is 2. The van der Waals surface area contributed by atoms with E-state index in [-0.39, 0.29) is 5.91 Å². The zero-order chi connectivity index (χ0) is 18.1. The van der Waals surface area contributed by atoms with Crippen molar-refractivity contribution in [2.24, 2.45) is 0 Å². The number of anilines is 2. The van der Waals surface area contributed by atoms with E-state index in [4.69, 9.17) is 5.73 Å². The molecule has 0 aliphatic rings. The van der Waals surface area contributed by atoms with E-state index in [2.05, 4.69) is 15.4 Å². The second-order valence-corrected chi connectivity index (χ2v) is 6.86. The third kappa shape index (κ3) is 3.04. The summed E-state index contributed by atoms with van der Waals surface area (Å²) < 4.78 is 2.73. The zero-order valence-corrected chi connectivity index (χ0v) is 15.0. The van der Waals surface area contributed by atoms with E-state index >= 15 is 0 Å². The number of nitrogen functional groups attached to an aromatic ring is 1. The van der Waals surface area contributed by atoms with Gasteiger partial charge in [-0.1, -0.05) is 30.3 Å². The van der Waals surface area contributed by atoms with Gasteiger partial charge in [-0.3, -0.25) is 4.79 Å². The van der Waals surface area contributed by atoms with Gasteiger partial charge in [0.1, 0.15) is 11.4 Å². The van der Waals surface area contributed by atoms with Crippen molar-refractivity contribution < 1.29 is 4.79 Å². The van der Waals surface area contributed by atoms with Crippen molar-refractivity contribution in [1.29, 1.82) is 0 Å². The SMILES string of the molecule is Cc1nn(Cc2ccccc2)c(N)c1C(=O)Nc1ccc2scnc2c1. The molecule has 26 heavy (non-hydrogen) atoms.